The van der Waals surface area contributed by atoms with Gasteiger partial charge >= 0.3 is 0 Å². The summed E-state index contributed by atoms with van der Waals surface area (Å²) < 4.78 is 0. The van der Waals surface area contributed by atoms with Gasteiger partial charge in [-0.25, -0.2) is 0 Å². The van der Waals surface area contributed by atoms with Crippen LogP contribution >= 0.6 is 0 Å². The molecular formula is C12H27N. The van der Waals surface area contributed by atoms with E-state index in [0.717, 1.165) is 11.8 Å². The summed E-state index contributed by atoms with van der Waals surface area (Å²) in [6.45, 7) is 9.27. The minimum atomic E-state index is 0.714. The first-order valence-electron chi connectivity index (χ1n) is 5.82. The molecule has 0 aliphatic rings. The largest absolute Gasteiger partial charge is 0.317 e. The van der Waals surface area contributed by atoms with Crippen LogP contribution in [0, 0.1) is 11.8 Å². The van der Waals surface area contributed by atoms with Gasteiger partial charge < -0.3 is 5.32 Å². The zero-order valence-corrected chi connectivity index (χ0v) is 10.1. The molecule has 0 heterocycles. The number of hydrogen-bond acceptors (Lipinski definition) is 1. The topological polar surface area (TPSA) is 12.0 Å². The van der Waals surface area contributed by atoms with Gasteiger partial charge in [0.2, 0.25) is 0 Å². The van der Waals surface area contributed by atoms with Crippen molar-refractivity contribution in [2.75, 3.05) is 7.05 Å². The van der Waals surface area contributed by atoms with Crippen molar-refractivity contribution in [3.05, 3.63) is 0 Å². The van der Waals surface area contributed by atoms with E-state index >= 15 is 0 Å². The van der Waals surface area contributed by atoms with Gasteiger partial charge in [-0.3, -0.25) is 0 Å². The lowest BCUT2D eigenvalue weighted by Crippen LogP contribution is -2.33. The van der Waals surface area contributed by atoms with Gasteiger partial charge in [-0.05, 0) is 25.3 Å². The second-order valence-corrected chi connectivity index (χ2v) is 4.41. The molecule has 0 aromatic rings. The van der Waals surface area contributed by atoms with Crippen molar-refractivity contribution in [2.45, 2.75) is 59.4 Å². The molecule has 3 atom stereocenters. The molecule has 1 nitrogen and oxygen atoms in total. The summed E-state index contributed by atoms with van der Waals surface area (Å²) >= 11 is 0. The van der Waals surface area contributed by atoms with E-state index < -0.39 is 0 Å². The van der Waals surface area contributed by atoms with Crippen LogP contribution in [0.2, 0.25) is 0 Å². The summed E-state index contributed by atoms with van der Waals surface area (Å²) in [5, 5.41) is 3.44. The minimum Gasteiger partial charge on any atom is -0.317 e. The van der Waals surface area contributed by atoms with Crippen molar-refractivity contribution < 1.29 is 0 Å². The lowest BCUT2D eigenvalue weighted by atomic mass is 9.89. The molecule has 0 saturated carbocycles. The van der Waals surface area contributed by atoms with E-state index in [1.807, 2.05) is 0 Å². The third kappa shape index (κ3) is 5.30. The Bertz CT molecular complexity index is 112. The summed E-state index contributed by atoms with van der Waals surface area (Å²) in [7, 11) is 2.09. The normalized spacial score (nSPS) is 18.2. The maximum atomic E-state index is 3.44. The van der Waals surface area contributed by atoms with Crippen molar-refractivity contribution in [1.82, 2.24) is 5.32 Å². The van der Waals surface area contributed by atoms with Crippen LogP contribution in [0.3, 0.4) is 0 Å². The molecule has 13 heavy (non-hydrogen) atoms. The third-order valence-corrected chi connectivity index (χ3v) is 3.14. The Labute approximate surface area is 84.3 Å². The SMILES string of the molecule is CCCC(C)CC(NC)C(C)CC. The molecule has 1 N–H and O–H groups in total. The Morgan fingerprint density at radius 1 is 1.15 bits per heavy atom. The van der Waals surface area contributed by atoms with Gasteiger partial charge in [-0.1, -0.05) is 47.0 Å². The molecule has 0 aromatic carbocycles. The van der Waals surface area contributed by atoms with Crippen molar-refractivity contribution in [3.63, 3.8) is 0 Å². The fourth-order valence-corrected chi connectivity index (χ4v) is 1.96. The number of rotatable bonds is 7. The minimum absolute atomic E-state index is 0.714. The molecule has 0 fully saturated rings. The third-order valence-electron chi connectivity index (χ3n) is 3.14. The van der Waals surface area contributed by atoms with Gasteiger partial charge in [-0.2, -0.15) is 0 Å². The Morgan fingerprint density at radius 3 is 2.15 bits per heavy atom. The van der Waals surface area contributed by atoms with Gasteiger partial charge in [0, 0.05) is 6.04 Å². The quantitative estimate of drug-likeness (QED) is 0.640. The van der Waals surface area contributed by atoms with Gasteiger partial charge in [-0.15, -0.1) is 0 Å². The predicted molar refractivity (Wildman–Crippen MR) is 61.0 cm³/mol. The summed E-state index contributed by atoms with van der Waals surface area (Å²) in [5.74, 6) is 1.68. The smallest absolute Gasteiger partial charge is 0.00921 e. The molecule has 0 bridgehead atoms. The van der Waals surface area contributed by atoms with Gasteiger partial charge in [0.25, 0.3) is 0 Å². The van der Waals surface area contributed by atoms with Crippen LogP contribution in [0.1, 0.15) is 53.4 Å². The molecular weight excluding hydrogens is 158 g/mol. The molecule has 3 unspecified atom stereocenters. The van der Waals surface area contributed by atoms with E-state index in [0.29, 0.717) is 6.04 Å². The Balaban J connectivity index is 3.82. The molecule has 0 spiro atoms. The molecule has 1 heteroatoms. The lowest BCUT2D eigenvalue weighted by Gasteiger charge is -2.25. The van der Waals surface area contributed by atoms with E-state index in [9.17, 15) is 0 Å². The van der Waals surface area contributed by atoms with E-state index in [1.165, 1.54) is 25.7 Å². The molecule has 0 saturated heterocycles. The number of hydrogen-bond donors (Lipinski definition) is 1. The Kier molecular flexibility index (Phi) is 7.35. The molecule has 80 valence electrons. The van der Waals surface area contributed by atoms with Crippen LogP contribution in [0.4, 0.5) is 0 Å². The summed E-state index contributed by atoms with van der Waals surface area (Å²) in [6.07, 6.45) is 5.30. The van der Waals surface area contributed by atoms with Crippen LogP contribution < -0.4 is 5.32 Å². The molecule has 0 aliphatic carbocycles. The monoisotopic (exact) mass is 185 g/mol. The van der Waals surface area contributed by atoms with Crippen molar-refractivity contribution >= 4 is 0 Å². The van der Waals surface area contributed by atoms with E-state index in [1.54, 1.807) is 0 Å². The summed E-state index contributed by atoms with van der Waals surface area (Å²) in [4.78, 5) is 0. The highest BCUT2D eigenvalue weighted by Gasteiger charge is 2.16. The molecule has 0 aromatic heterocycles. The van der Waals surface area contributed by atoms with Crippen molar-refractivity contribution in [2.24, 2.45) is 11.8 Å². The Hall–Kier alpha value is -0.0400. The highest BCUT2D eigenvalue weighted by Crippen LogP contribution is 2.18. The number of nitrogens with one attached hydrogen (secondary N) is 1. The molecule has 0 rings (SSSR count). The van der Waals surface area contributed by atoms with Gasteiger partial charge in [0.15, 0.2) is 0 Å². The standard InChI is InChI=1S/C12H27N/c1-6-8-10(3)9-12(13-5)11(4)7-2/h10-13H,6-9H2,1-5H3. The van der Waals surface area contributed by atoms with E-state index in [-0.39, 0.29) is 0 Å². The van der Waals surface area contributed by atoms with Crippen LogP contribution in [-0.2, 0) is 0 Å². The van der Waals surface area contributed by atoms with Crippen LogP contribution in [0.5, 0.6) is 0 Å². The first-order chi connectivity index (χ1) is 6.15. The lowest BCUT2D eigenvalue weighted by molar-refractivity contribution is 0.313. The summed E-state index contributed by atoms with van der Waals surface area (Å²) in [6, 6.07) is 0.714. The second-order valence-electron chi connectivity index (χ2n) is 4.41. The second kappa shape index (κ2) is 7.37. The first kappa shape index (κ1) is 13.0. The fourth-order valence-electron chi connectivity index (χ4n) is 1.96. The Morgan fingerprint density at radius 2 is 1.77 bits per heavy atom. The van der Waals surface area contributed by atoms with E-state index in [2.05, 4.69) is 40.1 Å². The maximum absolute atomic E-state index is 3.44. The van der Waals surface area contributed by atoms with Crippen molar-refractivity contribution in [1.29, 1.82) is 0 Å². The zero-order chi connectivity index (χ0) is 10.3. The predicted octanol–water partition coefficient (Wildman–Crippen LogP) is 3.45. The summed E-state index contributed by atoms with van der Waals surface area (Å²) in [5.41, 5.74) is 0. The van der Waals surface area contributed by atoms with Gasteiger partial charge in [0.05, 0.1) is 0 Å². The molecule has 0 aliphatic heterocycles. The maximum Gasteiger partial charge on any atom is 0.00921 e. The molecule has 0 radical (unpaired) electrons. The van der Waals surface area contributed by atoms with E-state index in [4.69, 9.17) is 0 Å². The first-order valence-corrected chi connectivity index (χ1v) is 5.82. The highest BCUT2D eigenvalue weighted by atomic mass is 14.9. The molecule has 0 amide bonds. The average Bonchev–Trinajstić information content (AvgIpc) is 2.13. The highest BCUT2D eigenvalue weighted by molar-refractivity contribution is 4.73. The van der Waals surface area contributed by atoms with Crippen LogP contribution in [0.25, 0.3) is 0 Å². The van der Waals surface area contributed by atoms with Gasteiger partial charge in [0.1, 0.15) is 0 Å². The van der Waals surface area contributed by atoms with Crippen LogP contribution in [-0.4, -0.2) is 13.1 Å². The zero-order valence-electron chi connectivity index (χ0n) is 10.1. The van der Waals surface area contributed by atoms with Crippen LogP contribution in [0.15, 0.2) is 0 Å². The average molecular weight is 185 g/mol. The van der Waals surface area contributed by atoms with Crippen molar-refractivity contribution in [3.8, 4) is 0 Å². The fraction of sp³-hybridized carbons (Fsp3) is 1.00.